The third kappa shape index (κ3) is 3.73. The Morgan fingerprint density at radius 1 is 1.19 bits per heavy atom. The first-order valence-electron chi connectivity index (χ1n) is 7.33. The number of para-hydroxylation sites is 1. The standard InChI is InChI=1S/C17H11IN2O5S/c18-12-6-4-10(5-7-12)9-19-16(22)14(26-17(19)23)8-11-2-1-3-13(15(11)21)20(24)25/h1-8,21H,9H2/b14-8-. The number of phenols is 1. The van der Waals surface area contributed by atoms with Gasteiger partial charge >= 0.3 is 5.69 Å². The summed E-state index contributed by atoms with van der Waals surface area (Å²) in [5, 5.41) is 20.5. The van der Waals surface area contributed by atoms with Gasteiger partial charge in [-0.25, -0.2) is 0 Å². The highest BCUT2D eigenvalue weighted by Gasteiger charge is 2.35. The van der Waals surface area contributed by atoms with Crippen LogP contribution in [0.4, 0.5) is 10.5 Å². The average Bonchev–Trinajstić information content (AvgIpc) is 2.86. The number of hydrogen-bond acceptors (Lipinski definition) is 6. The minimum absolute atomic E-state index is 0.108. The molecular weight excluding hydrogens is 471 g/mol. The molecule has 2 amide bonds. The number of hydrogen-bond donors (Lipinski definition) is 1. The number of amides is 2. The third-order valence-electron chi connectivity index (χ3n) is 3.66. The van der Waals surface area contributed by atoms with Crippen molar-refractivity contribution in [2.75, 3.05) is 0 Å². The van der Waals surface area contributed by atoms with E-state index in [1.54, 1.807) is 0 Å². The zero-order valence-corrected chi connectivity index (χ0v) is 16.1. The molecule has 0 aliphatic carbocycles. The van der Waals surface area contributed by atoms with Crippen LogP contribution in [-0.4, -0.2) is 26.1 Å². The number of phenolic OH excluding ortho intramolecular Hbond substituents is 1. The number of benzene rings is 2. The lowest BCUT2D eigenvalue weighted by molar-refractivity contribution is -0.385. The quantitative estimate of drug-likeness (QED) is 0.304. The lowest BCUT2D eigenvalue weighted by atomic mass is 10.1. The lowest BCUT2D eigenvalue weighted by Gasteiger charge is -2.12. The van der Waals surface area contributed by atoms with Crippen LogP contribution in [-0.2, 0) is 11.3 Å². The highest BCUT2D eigenvalue weighted by molar-refractivity contribution is 14.1. The molecule has 7 nitrogen and oxygen atoms in total. The molecule has 3 rings (SSSR count). The van der Waals surface area contributed by atoms with Crippen LogP contribution in [0.1, 0.15) is 11.1 Å². The van der Waals surface area contributed by atoms with Crippen LogP contribution in [0.25, 0.3) is 6.08 Å². The van der Waals surface area contributed by atoms with E-state index in [4.69, 9.17) is 0 Å². The van der Waals surface area contributed by atoms with Crippen molar-refractivity contribution in [3.8, 4) is 5.75 Å². The highest BCUT2D eigenvalue weighted by Crippen LogP contribution is 2.37. The second-order valence-electron chi connectivity index (χ2n) is 5.37. The molecule has 1 fully saturated rings. The van der Waals surface area contributed by atoms with Crippen molar-refractivity contribution in [1.29, 1.82) is 0 Å². The first-order chi connectivity index (χ1) is 12.4. The Morgan fingerprint density at radius 3 is 2.54 bits per heavy atom. The molecule has 1 aliphatic heterocycles. The number of rotatable bonds is 4. The second kappa shape index (κ2) is 7.46. The van der Waals surface area contributed by atoms with Crippen LogP contribution in [0.5, 0.6) is 5.75 Å². The van der Waals surface area contributed by atoms with Gasteiger partial charge in [0.1, 0.15) is 0 Å². The summed E-state index contributed by atoms with van der Waals surface area (Å²) in [6.45, 7) is 0.139. The first kappa shape index (κ1) is 18.4. The van der Waals surface area contributed by atoms with Crippen LogP contribution in [0.15, 0.2) is 47.4 Å². The van der Waals surface area contributed by atoms with Gasteiger partial charge in [0.15, 0.2) is 0 Å². The van der Waals surface area contributed by atoms with Gasteiger partial charge in [0.25, 0.3) is 11.1 Å². The molecule has 2 aromatic rings. The summed E-state index contributed by atoms with van der Waals surface area (Å²) in [4.78, 5) is 36.1. The normalized spacial score (nSPS) is 15.7. The van der Waals surface area contributed by atoms with Crippen LogP contribution in [0.3, 0.4) is 0 Å². The maximum Gasteiger partial charge on any atom is 0.311 e. The summed E-state index contributed by atoms with van der Waals surface area (Å²) < 4.78 is 1.04. The molecule has 0 saturated carbocycles. The summed E-state index contributed by atoms with van der Waals surface area (Å²) in [5.41, 5.74) is 0.461. The molecule has 0 bridgehead atoms. The number of carbonyl (C=O) groups excluding carboxylic acids is 2. The Kier molecular flexibility index (Phi) is 5.28. The molecule has 0 atom stereocenters. The van der Waals surface area contributed by atoms with Crippen LogP contribution >= 0.6 is 34.4 Å². The van der Waals surface area contributed by atoms with Gasteiger partial charge in [0.05, 0.1) is 16.4 Å². The summed E-state index contributed by atoms with van der Waals surface area (Å²) in [5.74, 6) is -1.04. The van der Waals surface area contributed by atoms with Crippen molar-refractivity contribution in [3.63, 3.8) is 0 Å². The predicted octanol–water partition coefficient (Wildman–Crippen LogP) is 4.14. The van der Waals surface area contributed by atoms with E-state index in [0.29, 0.717) is 0 Å². The van der Waals surface area contributed by atoms with Crippen molar-refractivity contribution in [1.82, 2.24) is 4.90 Å². The number of thioether (sulfide) groups is 1. The lowest BCUT2D eigenvalue weighted by Crippen LogP contribution is -2.27. The van der Waals surface area contributed by atoms with E-state index in [0.717, 1.165) is 31.9 Å². The van der Waals surface area contributed by atoms with Crippen LogP contribution in [0, 0.1) is 13.7 Å². The van der Waals surface area contributed by atoms with Gasteiger partial charge in [0.2, 0.25) is 5.75 Å². The number of imide groups is 1. The molecule has 1 heterocycles. The monoisotopic (exact) mass is 482 g/mol. The fraction of sp³-hybridized carbons (Fsp3) is 0.0588. The van der Waals surface area contributed by atoms with Gasteiger partial charge in [-0.1, -0.05) is 24.3 Å². The maximum atomic E-state index is 12.5. The second-order valence-corrected chi connectivity index (χ2v) is 7.61. The van der Waals surface area contributed by atoms with Crippen molar-refractivity contribution in [2.45, 2.75) is 6.54 Å². The third-order valence-corrected chi connectivity index (χ3v) is 5.28. The predicted molar refractivity (Wildman–Crippen MR) is 105 cm³/mol. The molecule has 0 radical (unpaired) electrons. The van der Waals surface area contributed by atoms with Gasteiger partial charge in [-0.15, -0.1) is 0 Å². The van der Waals surface area contributed by atoms with E-state index >= 15 is 0 Å². The van der Waals surface area contributed by atoms with Crippen molar-refractivity contribution in [2.24, 2.45) is 0 Å². The molecule has 9 heteroatoms. The molecule has 1 N–H and O–H groups in total. The summed E-state index contributed by atoms with van der Waals surface area (Å²) in [6.07, 6.45) is 1.29. The Hall–Kier alpha value is -2.40. The van der Waals surface area contributed by atoms with Gasteiger partial charge in [0, 0.05) is 15.2 Å². The molecule has 26 heavy (non-hydrogen) atoms. The maximum absolute atomic E-state index is 12.5. The fourth-order valence-electron chi connectivity index (χ4n) is 2.36. The largest absolute Gasteiger partial charge is 0.502 e. The Labute approximate surface area is 166 Å². The minimum atomic E-state index is -0.713. The zero-order chi connectivity index (χ0) is 18.8. The fourth-order valence-corrected chi connectivity index (χ4v) is 3.55. The van der Waals surface area contributed by atoms with E-state index in [2.05, 4.69) is 22.6 Å². The molecule has 0 spiro atoms. The van der Waals surface area contributed by atoms with E-state index in [1.165, 1.54) is 18.2 Å². The molecule has 1 saturated heterocycles. The summed E-state index contributed by atoms with van der Waals surface area (Å²) in [7, 11) is 0. The van der Waals surface area contributed by atoms with Crippen LogP contribution in [0.2, 0.25) is 0 Å². The summed E-state index contributed by atoms with van der Waals surface area (Å²) >= 11 is 2.90. The number of nitrogens with zero attached hydrogens (tertiary/aromatic N) is 2. The summed E-state index contributed by atoms with van der Waals surface area (Å²) in [6, 6.07) is 11.4. The van der Waals surface area contributed by atoms with Crippen LogP contribution < -0.4 is 0 Å². The van der Waals surface area contributed by atoms with E-state index in [9.17, 15) is 24.8 Å². The Balaban J connectivity index is 1.87. The Morgan fingerprint density at radius 2 is 1.88 bits per heavy atom. The average molecular weight is 482 g/mol. The van der Waals surface area contributed by atoms with Gasteiger partial charge in [-0.05, 0) is 58.1 Å². The molecule has 1 aliphatic rings. The highest BCUT2D eigenvalue weighted by atomic mass is 127. The minimum Gasteiger partial charge on any atom is -0.502 e. The van der Waals surface area contributed by atoms with E-state index < -0.39 is 27.5 Å². The number of nitro groups is 1. The van der Waals surface area contributed by atoms with Crippen molar-refractivity contribution >= 4 is 57.3 Å². The topological polar surface area (TPSA) is 101 Å². The van der Waals surface area contributed by atoms with Gasteiger partial charge < -0.3 is 5.11 Å². The Bertz CT molecular complexity index is 943. The number of carbonyl (C=O) groups is 2. The molecule has 132 valence electrons. The van der Waals surface area contributed by atoms with E-state index in [1.807, 2.05) is 24.3 Å². The van der Waals surface area contributed by atoms with Crippen molar-refractivity contribution in [3.05, 3.63) is 72.2 Å². The van der Waals surface area contributed by atoms with E-state index in [-0.39, 0.29) is 17.0 Å². The number of halogens is 1. The smallest absolute Gasteiger partial charge is 0.311 e. The van der Waals surface area contributed by atoms with Gasteiger partial charge in [-0.3, -0.25) is 24.6 Å². The molecular formula is C17H11IN2O5S. The number of aromatic hydroxyl groups is 1. The van der Waals surface area contributed by atoms with Gasteiger partial charge in [-0.2, -0.15) is 0 Å². The van der Waals surface area contributed by atoms with Crippen molar-refractivity contribution < 1.29 is 19.6 Å². The SMILES string of the molecule is O=C1S/C(=C\c2cccc([N+](=O)[O-])c2O)C(=O)N1Cc1ccc(I)cc1. The molecule has 0 unspecified atom stereocenters. The molecule has 2 aromatic carbocycles. The number of nitro benzene ring substituents is 1. The molecule has 0 aromatic heterocycles. The zero-order valence-electron chi connectivity index (χ0n) is 13.1. The first-order valence-corrected chi connectivity index (χ1v) is 9.22.